The van der Waals surface area contributed by atoms with E-state index >= 15 is 0 Å². The summed E-state index contributed by atoms with van der Waals surface area (Å²) in [5.41, 5.74) is 2.66. The van der Waals surface area contributed by atoms with Gasteiger partial charge in [0.2, 0.25) is 0 Å². The lowest BCUT2D eigenvalue weighted by Gasteiger charge is -2.04. The second-order valence-electron chi connectivity index (χ2n) is 3.62. The standard InChI is InChI=1S/C13H17NO2/c1-3-11-4-6-12(7-5-11)14-9-8-10(2)13(15)16/h4-8,14H,3,9H2,1-2H3,(H,15,16)/b10-8-. The highest BCUT2D eigenvalue weighted by Crippen LogP contribution is 2.09. The fourth-order valence-electron chi connectivity index (χ4n) is 1.27. The van der Waals surface area contributed by atoms with Gasteiger partial charge in [-0.3, -0.25) is 0 Å². The van der Waals surface area contributed by atoms with Gasteiger partial charge in [-0.1, -0.05) is 25.1 Å². The third kappa shape index (κ3) is 3.77. The van der Waals surface area contributed by atoms with Crippen molar-refractivity contribution in [3.05, 3.63) is 41.5 Å². The minimum Gasteiger partial charge on any atom is -0.478 e. The average Bonchev–Trinajstić information content (AvgIpc) is 2.29. The Morgan fingerprint density at radius 2 is 2.00 bits per heavy atom. The number of carbonyl (C=O) groups is 1. The summed E-state index contributed by atoms with van der Waals surface area (Å²) in [6.07, 6.45) is 2.69. The van der Waals surface area contributed by atoms with Crippen LogP contribution < -0.4 is 5.32 Å². The van der Waals surface area contributed by atoms with Crippen LogP contribution in [0.5, 0.6) is 0 Å². The maximum absolute atomic E-state index is 10.5. The van der Waals surface area contributed by atoms with Gasteiger partial charge in [0, 0.05) is 17.8 Å². The molecule has 0 spiro atoms. The number of carboxylic acid groups (broad SMARTS) is 1. The average molecular weight is 219 g/mol. The molecule has 1 rings (SSSR count). The Kier molecular flexibility index (Phi) is 4.58. The van der Waals surface area contributed by atoms with Crippen LogP contribution in [-0.4, -0.2) is 17.6 Å². The molecule has 0 aliphatic heterocycles. The zero-order chi connectivity index (χ0) is 12.0. The summed E-state index contributed by atoms with van der Waals surface area (Å²) in [4.78, 5) is 10.5. The number of anilines is 1. The van der Waals surface area contributed by atoms with Crippen LogP contribution in [0.15, 0.2) is 35.9 Å². The summed E-state index contributed by atoms with van der Waals surface area (Å²) in [6, 6.07) is 8.14. The Labute approximate surface area is 95.8 Å². The SMILES string of the molecule is CCc1ccc(NC/C=C(/C)C(=O)O)cc1. The van der Waals surface area contributed by atoms with Gasteiger partial charge in [-0.15, -0.1) is 0 Å². The first kappa shape index (κ1) is 12.3. The van der Waals surface area contributed by atoms with Crippen molar-refractivity contribution in [1.82, 2.24) is 0 Å². The van der Waals surface area contributed by atoms with Crippen molar-refractivity contribution in [3.63, 3.8) is 0 Å². The highest BCUT2D eigenvalue weighted by Gasteiger charge is 1.97. The van der Waals surface area contributed by atoms with Gasteiger partial charge in [-0.05, 0) is 31.0 Å². The fraction of sp³-hybridized carbons (Fsp3) is 0.308. The normalized spacial score (nSPS) is 11.2. The van der Waals surface area contributed by atoms with Crippen LogP contribution in [0.2, 0.25) is 0 Å². The minimum absolute atomic E-state index is 0.359. The predicted octanol–water partition coefficient (Wildman–Crippen LogP) is 2.69. The molecule has 16 heavy (non-hydrogen) atoms. The van der Waals surface area contributed by atoms with E-state index < -0.39 is 5.97 Å². The lowest BCUT2D eigenvalue weighted by molar-refractivity contribution is -0.132. The summed E-state index contributed by atoms with van der Waals surface area (Å²) in [6.45, 7) is 4.23. The van der Waals surface area contributed by atoms with E-state index in [4.69, 9.17) is 5.11 Å². The summed E-state index contributed by atoms with van der Waals surface area (Å²) < 4.78 is 0. The van der Waals surface area contributed by atoms with Crippen molar-refractivity contribution >= 4 is 11.7 Å². The highest BCUT2D eigenvalue weighted by molar-refractivity contribution is 5.85. The molecule has 0 saturated carbocycles. The van der Waals surface area contributed by atoms with Gasteiger partial charge in [0.25, 0.3) is 0 Å². The molecule has 0 amide bonds. The van der Waals surface area contributed by atoms with E-state index in [0.717, 1.165) is 12.1 Å². The van der Waals surface area contributed by atoms with E-state index in [1.165, 1.54) is 5.56 Å². The van der Waals surface area contributed by atoms with E-state index in [2.05, 4.69) is 24.4 Å². The predicted molar refractivity (Wildman–Crippen MR) is 65.7 cm³/mol. The molecule has 0 radical (unpaired) electrons. The first-order chi connectivity index (χ1) is 7.63. The van der Waals surface area contributed by atoms with Crippen LogP contribution in [-0.2, 0) is 11.2 Å². The first-order valence-electron chi connectivity index (χ1n) is 5.36. The van der Waals surface area contributed by atoms with Crippen LogP contribution in [0.4, 0.5) is 5.69 Å². The molecule has 0 saturated heterocycles. The zero-order valence-electron chi connectivity index (χ0n) is 9.66. The van der Waals surface area contributed by atoms with E-state index in [-0.39, 0.29) is 0 Å². The van der Waals surface area contributed by atoms with Crippen molar-refractivity contribution in [3.8, 4) is 0 Å². The molecule has 0 fully saturated rings. The summed E-state index contributed by atoms with van der Waals surface area (Å²) >= 11 is 0. The summed E-state index contributed by atoms with van der Waals surface area (Å²) in [7, 11) is 0. The zero-order valence-corrected chi connectivity index (χ0v) is 9.66. The lowest BCUT2D eigenvalue weighted by atomic mass is 10.1. The van der Waals surface area contributed by atoms with Crippen molar-refractivity contribution in [1.29, 1.82) is 0 Å². The largest absolute Gasteiger partial charge is 0.478 e. The third-order valence-corrected chi connectivity index (χ3v) is 2.41. The maximum Gasteiger partial charge on any atom is 0.331 e. The third-order valence-electron chi connectivity index (χ3n) is 2.41. The lowest BCUT2D eigenvalue weighted by Crippen LogP contribution is -2.03. The minimum atomic E-state index is -0.872. The molecule has 0 bridgehead atoms. The van der Waals surface area contributed by atoms with Crippen LogP contribution in [0, 0.1) is 0 Å². The number of carboxylic acids is 1. The van der Waals surface area contributed by atoms with Gasteiger partial charge >= 0.3 is 5.97 Å². The maximum atomic E-state index is 10.5. The first-order valence-corrected chi connectivity index (χ1v) is 5.36. The second kappa shape index (κ2) is 5.95. The molecule has 1 aromatic carbocycles. The second-order valence-corrected chi connectivity index (χ2v) is 3.62. The van der Waals surface area contributed by atoms with E-state index in [1.807, 2.05) is 12.1 Å². The Morgan fingerprint density at radius 1 is 1.38 bits per heavy atom. The van der Waals surface area contributed by atoms with Crippen LogP contribution in [0.3, 0.4) is 0 Å². The number of hydrogen-bond donors (Lipinski definition) is 2. The molecule has 0 atom stereocenters. The molecule has 3 heteroatoms. The van der Waals surface area contributed by atoms with Gasteiger partial charge in [0.1, 0.15) is 0 Å². The topological polar surface area (TPSA) is 49.3 Å². The number of nitrogens with one attached hydrogen (secondary N) is 1. The molecule has 0 aliphatic carbocycles. The molecular weight excluding hydrogens is 202 g/mol. The molecule has 0 aliphatic rings. The monoisotopic (exact) mass is 219 g/mol. The van der Waals surface area contributed by atoms with Gasteiger partial charge in [-0.2, -0.15) is 0 Å². The molecule has 0 heterocycles. The molecule has 2 N–H and O–H groups in total. The van der Waals surface area contributed by atoms with Crippen LogP contribution in [0.25, 0.3) is 0 Å². The van der Waals surface area contributed by atoms with E-state index in [1.54, 1.807) is 13.0 Å². The summed E-state index contributed by atoms with van der Waals surface area (Å²) in [5, 5.41) is 11.8. The fourth-order valence-corrected chi connectivity index (χ4v) is 1.27. The smallest absolute Gasteiger partial charge is 0.331 e. The Morgan fingerprint density at radius 3 is 2.50 bits per heavy atom. The number of hydrogen-bond acceptors (Lipinski definition) is 2. The molecule has 86 valence electrons. The Balaban J connectivity index is 2.49. The number of rotatable bonds is 5. The number of benzene rings is 1. The molecular formula is C13H17NO2. The number of aliphatic carboxylic acids is 1. The molecule has 0 aromatic heterocycles. The van der Waals surface area contributed by atoms with Gasteiger partial charge in [0.05, 0.1) is 0 Å². The molecule has 3 nitrogen and oxygen atoms in total. The number of aryl methyl sites for hydroxylation is 1. The summed E-state index contributed by atoms with van der Waals surface area (Å²) in [5.74, 6) is -0.872. The molecule has 0 unspecified atom stereocenters. The highest BCUT2D eigenvalue weighted by atomic mass is 16.4. The van der Waals surface area contributed by atoms with Crippen LogP contribution >= 0.6 is 0 Å². The van der Waals surface area contributed by atoms with Crippen molar-refractivity contribution in [2.75, 3.05) is 11.9 Å². The van der Waals surface area contributed by atoms with E-state index in [9.17, 15) is 4.79 Å². The quantitative estimate of drug-likeness (QED) is 0.748. The Hall–Kier alpha value is -1.77. The molecule has 1 aromatic rings. The van der Waals surface area contributed by atoms with Crippen LogP contribution in [0.1, 0.15) is 19.4 Å². The Bertz CT molecular complexity index is 379. The van der Waals surface area contributed by atoms with Crippen molar-refractivity contribution < 1.29 is 9.90 Å². The van der Waals surface area contributed by atoms with Gasteiger partial charge in [-0.25, -0.2) is 4.79 Å². The van der Waals surface area contributed by atoms with Gasteiger partial charge in [0.15, 0.2) is 0 Å². The van der Waals surface area contributed by atoms with Crippen molar-refractivity contribution in [2.45, 2.75) is 20.3 Å². The van der Waals surface area contributed by atoms with Crippen molar-refractivity contribution in [2.24, 2.45) is 0 Å². The van der Waals surface area contributed by atoms with E-state index in [0.29, 0.717) is 12.1 Å². The van der Waals surface area contributed by atoms with Gasteiger partial charge < -0.3 is 10.4 Å².